The Bertz CT molecular complexity index is 549. The van der Waals surface area contributed by atoms with E-state index in [-0.39, 0.29) is 10.7 Å². The number of carbonyl (C=O) groups excluding carboxylic acids is 2. The van der Waals surface area contributed by atoms with Gasteiger partial charge in [0.25, 0.3) is 0 Å². The van der Waals surface area contributed by atoms with E-state index in [0.29, 0.717) is 5.56 Å². The zero-order valence-corrected chi connectivity index (χ0v) is 9.52. The Morgan fingerprint density at radius 2 is 1.53 bits per heavy atom. The maximum Gasteiger partial charge on any atom is 0.235 e. The van der Waals surface area contributed by atoms with Gasteiger partial charge in [-0.15, -0.1) is 0 Å². The maximum atomic E-state index is 11.8. The minimum Gasteiger partial charge on any atom is -0.285 e. The van der Waals surface area contributed by atoms with Crippen LogP contribution in [0.3, 0.4) is 0 Å². The van der Waals surface area contributed by atoms with Gasteiger partial charge in [-0.05, 0) is 12.1 Å². The third kappa shape index (κ3) is 2.57. The molecule has 1 aromatic carbocycles. The van der Waals surface area contributed by atoms with Gasteiger partial charge in [-0.3, -0.25) is 9.59 Å². The molecule has 2 aromatic rings. The largest absolute Gasteiger partial charge is 0.285 e. The summed E-state index contributed by atoms with van der Waals surface area (Å²) in [6.45, 7) is 0. The fourth-order valence-corrected chi connectivity index (χ4v) is 1.47. The van der Waals surface area contributed by atoms with Crippen molar-refractivity contribution in [1.29, 1.82) is 0 Å². The van der Waals surface area contributed by atoms with Crippen molar-refractivity contribution in [1.82, 2.24) is 4.98 Å². The van der Waals surface area contributed by atoms with Crippen LogP contribution in [0.25, 0.3) is 0 Å². The second-order valence-corrected chi connectivity index (χ2v) is 3.78. The third-order valence-electron chi connectivity index (χ3n) is 2.23. The number of ketones is 2. The van der Waals surface area contributed by atoms with Crippen LogP contribution in [0, 0.1) is 0 Å². The summed E-state index contributed by atoms with van der Waals surface area (Å²) >= 11 is 5.61. The summed E-state index contributed by atoms with van der Waals surface area (Å²) in [5.41, 5.74) is 0.607. The third-order valence-corrected chi connectivity index (χ3v) is 2.46. The van der Waals surface area contributed by atoms with E-state index in [0.717, 1.165) is 0 Å². The number of carbonyl (C=O) groups is 2. The van der Waals surface area contributed by atoms with Crippen molar-refractivity contribution in [3.63, 3.8) is 0 Å². The summed E-state index contributed by atoms with van der Waals surface area (Å²) in [5, 5.41) is 0.286. The number of halogens is 1. The van der Waals surface area contributed by atoms with E-state index >= 15 is 0 Å². The summed E-state index contributed by atoms with van der Waals surface area (Å²) < 4.78 is 0. The smallest absolute Gasteiger partial charge is 0.235 e. The van der Waals surface area contributed by atoms with Gasteiger partial charge in [0.2, 0.25) is 11.6 Å². The van der Waals surface area contributed by atoms with E-state index in [1.807, 2.05) is 0 Å². The van der Waals surface area contributed by atoms with Crippen LogP contribution in [-0.4, -0.2) is 16.6 Å². The lowest BCUT2D eigenvalue weighted by Gasteiger charge is -2.00. The maximum absolute atomic E-state index is 11.8. The van der Waals surface area contributed by atoms with Gasteiger partial charge >= 0.3 is 0 Å². The van der Waals surface area contributed by atoms with Crippen molar-refractivity contribution >= 4 is 23.2 Å². The molecule has 1 aromatic heterocycles. The van der Waals surface area contributed by atoms with Crippen LogP contribution < -0.4 is 0 Å². The molecule has 0 unspecified atom stereocenters. The highest BCUT2D eigenvalue weighted by Gasteiger charge is 2.17. The molecule has 0 radical (unpaired) electrons. The Hall–Kier alpha value is -2.00. The highest BCUT2D eigenvalue weighted by Crippen LogP contribution is 2.09. The molecule has 0 spiro atoms. The van der Waals surface area contributed by atoms with Crippen molar-refractivity contribution in [3.8, 4) is 0 Å². The number of rotatable bonds is 3. The van der Waals surface area contributed by atoms with Crippen LogP contribution in [0.15, 0.2) is 48.7 Å². The summed E-state index contributed by atoms with van der Waals surface area (Å²) in [6.07, 6.45) is 1.30. The molecule has 0 N–H and O–H groups in total. The Balaban J connectivity index is 2.27. The average molecular weight is 246 g/mol. The predicted molar refractivity (Wildman–Crippen MR) is 64.4 cm³/mol. The van der Waals surface area contributed by atoms with Gasteiger partial charge in [0.1, 0.15) is 5.15 Å². The molecule has 0 aliphatic carbocycles. The number of benzene rings is 1. The second kappa shape index (κ2) is 4.89. The summed E-state index contributed by atoms with van der Waals surface area (Å²) in [4.78, 5) is 27.4. The van der Waals surface area contributed by atoms with Gasteiger partial charge in [-0.1, -0.05) is 41.9 Å². The van der Waals surface area contributed by atoms with E-state index in [1.165, 1.54) is 18.3 Å². The van der Waals surface area contributed by atoms with Crippen LogP contribution >= 0.6 is 11.6 Å². The molecule has 0 aliphatic rings. The monoisotopic (exact) mass is 245 g/mol. The van der Waals surface area contributed by atoms with Gasteiger partial charge in [-0.2, -0.15) is 0 Å². The topological polar surface area (TPSA) is 47.0 Å². The Morgan fingerprint density at radius 3 is 2.12 bits per heavy atom. The van der Waals surface area contributed by atoms with Gasteiger partial charge in [0.15, 0.2) is 0 Å². The van der Waals surface area contributed by atoms with Crippen LogP contribution in [-0.2, 0) is 0 Å². The zero-order chi connectivity index (χ0) is 12.3. The second-order valence-electron chi connectivity index (χ2n) is 3.39. The number of aromatic nitrogens is 1. The first kappa shape index (κ1) is 11.5. The number of pyridine rings is 1. The molecule has 0 aliphatic heterocycles. The van der Waals surface area contributed by atoms with Crippen molar-refractivity contribution in [2.45, 2.75) is 0 Å². The lowest BCUT2D eigenvalue weighted by Crippen LogP contribution is -2.14. The Kier molecular flexibility index (Phi) is 3.30. The summed E-state index contributed by atoms with van der Waals surface area (Å²) in [5.74, 6) is -1.13. The molecule has 0 fully saturated rings. The first-order valence-electron chi connectivity index (χ1n) is 4.94. The molecular formula is C13H8ClNO2. The lowest BCUT2D eigenvalue weighted by molar-refractivity contribution is 0.0816. The molecule has 2 rings (SSSR count). The number of Topliss-reactive ketones (excluding diaryl/α,β-unsaturated/α-hetero) is 2. The molecule has 0 saturated carbocycles. The first-order valence-corrected chi connectivity index (χ1v) is 5.32. The Morgan fingerprint density at radius 1 is 0.882 bits per heavy atom. The molecule has 0 bridgehead atoms. The standard InChI is InChI=1S/C13H8ClNO2/c14-11-7-6-10(8-15-11)13(17)12(16)9-4-2-1-3-5-9/h1-8H. The van der Waals surface area contributed by atoms with E-state index in [1.54, 1.807) is 30.3 Å². The number of hydrogen-bond acceptors (Lipinski definition) is 3. The van der Waals surface area contributed by atoms with E-state index < -0.39 is 11.6 Å². The van der Waals surface area contributed by atoms with E-state index in [4.69, 9.17) is 11.6 Å². The molecule has 17 heavy (non-hydrogen) atoms. The molecule has 0 saturated heterocycles. The van der Waals surface area contributed by atoms with Crippen molar-refractivity contribution in [2.24, 2.45) is 0 Å². The Labute approximate surface area is 103 Å². The minimum absolute atomic E-state index is 0.239. The molecule has 3 nitrogen and oxygen atoms in total. The van der Waals surface area contributed by atoms with Crippen molar-refractivity contribution in [2.75, 3.05) is 0 Å². The van der Waals surface area contributed by atoms with E-state index in [2.05, 4.69) is 4.98 Å². The van der Waals surface area contributed by atoms with Crippen LogP contribution in [0.1, 0.15) is 20.7 Å². The van der Waals surface area contributed by atoms with Crippen molar-refractivity contribution < 1.29 is 9.59 Å². The first-order chi connectivity index (χ1) is 8.18. The molecular weight excluding hydrogens is 238 g/mol. The quantitative estimate of drug-likeness (QED) is 0.475. The predicted octanol–water partition coefficient (Wildman–Crippen LogP) is 2.80. The molecule has 4 heteroatoms. The highest BCUT2D eigenvalue weighted by atomic mass is 35.5. The number of hydrogen-bond donors (Lipinski definition) is 0. The van der Waals surface area contributed by atoms with Gasteiger partial charge in [0.05, 0.1) is 0 Å². The molecule has 0 amide bonds. The van der Waals surface area contributed by atoms with Crippen LogP contribution in [0.5, 0.6) is 0 Å². The van der Waals surface area contributed by atoms with E-state index in [9.17, 15) is 9.59 Å². The van der Waals surface area contributed by atoms with Gasteiger partial charge in [-0.25, -0.2) is 4.98 Å². The highest BCUT2D eigenvalue weighted by molar-refractivity contribution is 6.49. The fraction of sp³-hybridized carbons (Fsp3) is 0. The molecule has 0 atom stereocenters. The zero-order valence-electron chi connectivity index (χ0n) is 8.76. The van der Waals surface area contributed by atoms with Crippen LogP contribution in [0.2, 0.25) is 5.15 Å². The number of nitrogens with zero attached hydrogens (tertiary/aromatic N) is 1. The van der Waals surface area contributed by atoms with Gasteiger partial charge in [0, 0.05) is 17.3 Å². The average Bonchev–Trinajstić information content (AvgIpc) is 2.39. The van der Waals surface area contributed by atoms with Crippen LogP contribution in [0.4, 0.5) is 0 Å². The van der Waals surface area contributed by atoms with Gasteiger partial charge < -0.3 is 0 Å². The van der Waals surface area contributed by atoms with Crippen molar-refractivity contribution in [3.05, 3.63) is 64.9 Å². The SMILES string of the molecule is O=C(C(=O)c1ccc(Cl)nc1)c1ccccc1. The fourth-order valence-electron chi connectivity index (χ4n) is 1.36. The lowest BCUT2D eigenvalue weighted by atomic mass is 10.0. The molecule has 84 valence electrons. The normalized spacial score (nSPS) is 9.94. The summed E-state index contributed by atoms with van der Waals surface area (Å²) in [7, 11) is 0. The minimum atomic E-state index is -0.583. The molecule has 1 heterocycles. The summed E-state index contributed by atoms with van der Waals surface area (Å²) in [6, 6.07) is 11.4.